The molecule has 0 saturated heterocycles. The lowest BCUT2D eigenvalue weighted by atomic mass is 10.2. The van der Waals surface area contributed by atoms with Crippen molar-refractivity contribution in [2.45, 2.75) is 18.8 Å². The van der Waals surface area contributed by atoms with Crippen molar-refractivity contribution in [2.75, 3.05) is 0 Å². The molecule has 1 aliphatic rings. The molecule has 52 valence electrons. The van der Waals surface area contributed by atoms with E-state index in [1.807, 2.05) is 6.07 Å². The van der Waals surface area contributed by atoms with Crippen LogP contribution in [0.15, 0.2) is 18.3 Å². The molecule has 2 heteroatoms. The Labute approximate surface area is 58.9 Å². The lowest BCUT2D eigenvalue weighted by Gasteiger charge is -1.94. The zero-order valence-corrected chi connectivity index (χ0v) is 5.55. The first kappa shape index (κ1) is 5.83. The van der Waals surface area contributed by atoms with Crippen LogP contribution in [0.5, 0.6) is 0 Å². The van der Waals surface area contributed by atoms with E-state index in [1.165, 1.54) is 25.1 Å². The van der Waals surface area contributed by atoms with E-state index in [1.54, 1.807) is 0 Å². The van der Waals surface area contributed by atoms with Crippen molar-refractivity contribution in [2.24, 2.45) is 0 Å². The number of pyridine rings is 1. The summed E-state index contributed by atoms with van der Waals surface area (Å²) in [6.45, 7) is 0. The van der Waals surface area contributed by atoms with Gasteiger partial charge in [-0.15, -0.1) is 0 Å². The Hall–Kier alpha value is -0.920. The van der Waals surface area contributed by atoms with Gasteiger partial charge in [-0.3, -0.25) is 0 Å². The van der Waals surface area contributed by atoms with Gasteiger partial charge < -0.3 is 0 Å². The molecule has 1 saturated carbocycles. The van der Waals surface area contributed by atoms with Crippen molar-refractivity contribution in [1.82, 2.24) is 4.98 Å². The highest BCUT2D eigenvalue weighted by atomic mass is 19.1. The van der Waals surface area contributed by atoms with Gasteiger partial charge in [-0.2, -0.15) is 4.39 Å². The van der Waals surface area contributed by atoms with E-state index in [4.69, 9.17) is 0 Å². The normalized spacial score (nSPS) is 17.3. The van der Waals surface area contributed by atoms with E-state index in [2.05, 4.69) is 4.98 Å². The van der Waals surface area contributed by atoms with E-state index in [0.717, 1.165) is 5.56 Å². The summed E-state index contributed by atoms with van der Waals surface area (Å²) in [5, 5.41) is 0. The van der Waals surface area contributed by atoms with Crippen molar-refractivity contribution in [3.63, 3.8) is 0 Å². The van der Waals surface area contributed by atoms with Crippen molar-refractivity contribution in [3.05, 3.63) is 29.8 Å². The van der Waals surface area contributed by atoms with Crippen LogP contribution in [0.3, 0.4) is 0 Å². The average molecular weight is 137 g/mol. The minimum Gasteiger partial charge on any atom is -0.228 e. The van der Waals surface area contributed by atoms with Gasteiger partial charge in [0.05, 0.1) is 0 Å². The zero-order chi connectivity index (χ0) is 6.97. The summed E-state index contributed by atoms with van der Waals surface area (Å²) in [4.78, 5) is 3.48. The second-order valence-electron chi connectivity index (χ2n) is 2.69. The van der Waals surface area contributed by atoms with Crippen LogP contribution in [0, 0.1) is 5.95 Å². The van der Waals surface area contributed by atoms with Crippen LogP contribution < -0.4 is 0 Å². The third-order valence-corrected chi connectivity index (χ3v) is 1.80. The molecule has 0 amide bonds. The average Bonchev–Trinajstić information content (AvgIpc) is 2.68. The van der Waals surface area contributed by atoms with Crippen molar-refractivity contribution < 1.29 is 4.39 Å². The fourth-order valence-electron chi connectivity index (χ4n) is 1.09. The standard InChI is InChI=1S/C8H8FN/c9-8-5-7(3-4-10-8)6-1-2-6/h3-6H,1-2H2. The Bertz CT molecular complexity index is 243. The fraction of sp³-hybridized carbons (Fsp3) is 0.375. The molecule has 0 radical (unpaired) electrons. The largest absolute Gasteiger partial charge is 0.228 e. The van der Waals surface area contributed by atoms with Gasteiger partial charge in [0.25, 0.3) is 0 Å². The Morgan fingerprint density at radius 1 is 1.50 bits per heavy atom. The van der Waals surface area contributed by atoms with Gasteiger partial charge in [0.1, 0.15) is 0 Å². The Balaban J connectivity index is 2.32. The summed E-state index contributed by atoms with van der Waals surface area (Å²) >= 11 is 0. The van der Waals surface area contributed by atoms with Gasteiger partial charge >= 0.3 is 0 Å². The third kappa shape index (κ3) is 1.01. The molecule has 1 nitrogen and oxygen atoms in total. The highest BCUT2D eigenvalue weighted by Gasteiger charge is 2.23. The first-order valence-electron chi connectivity index (χ1n) is 3.48. The van der Waals surface area contributed by atoms with Crippen molar-refractivity contribution in [1.29, 1.82) is 0 Å². The number of halogens is 1. The van der Waals surface area contributed by atoms with Crippen LogP contribution in [0.4, 0.5) is 4.39 Å². The number of hydrogen-bond acceptors (Lipinski definition) is 1. The summed E-state index contributed by atoms with van der Waals surface area (Å²) in [6.07, 6.45) is 3.95. The third-order valence-electron chi connectivity index (χ3n) is 1.80. The molecule has 1 aliphatic carbocycles. The molecular formula is C8H8FN. The molecule has 0 aromatic carbocycles. The Morgan fingerprint density at radius 3 is 2.90 bits per heavy atom. The van der Waals surface area contributed by atoms with E-state index in [-0.39, 0.29) is 5.95 Å². The van der Waals surface area contributed by atoms with Crippen LogP contribution in [-0.4, -0.2) is 4.98 Å². The fourth-order valence-corrected chi connectivity index (χ4v) is 1.09. The second kappa shape index (κ2) is 2.04. The van der Waals surface area contributed by atoms with E-state index >= 15 is 0 Å². The molecule has 2 rings (SSSR count). The molecule has 1 aromatic rings. The van der Waals surface area contributed by atoms with Gasteiger partial charge in [0.2, 0.25) is 5.95 Å². The van der Waals surface area contributed by atoms with Crippen LogP contribution >= 0.6 is 0 Å². The van der Waals surface area contributed by atoms with E-state index in [9.17, 15) is 4.39 Å². The summed E-state index contributed by atoms with van der Waals surface area (Å²) in [6, 6.07) is 3.42. The second-order valence-corrected chi connectivity index (χ2v) is 2.69. The molecule has 1 aromatic heterocycles. The van der Waals surface area contributed by atoms with Gasteiger partial charge in [-0.1, -0.05) is 0 Å². The zero-order valence-electron chi connectivity index (χ0n) is 5.55. The van der Waals surface area contributed by atoms with Crippen LogP contribution in [-0.2, 0) is 0 Å². The summed E-state index contributed by atoms with van der Waals surface area (Å²) in [5.41, 5.74) is 1.10. The number of rotatable bonds is 1. The number of nitrogens with zero attached hydrogens (tertiary/aromatic N) is 1. The SMILES string of the molecule is Fc1cc(C2CC2)ccn1. The van der Waals surface area contributed by atoms with Crippen molar-refractivity contribution in [3.8, 4) is 0 Å². The van der Waals surface area contributed by atoms with Gasteiger partial charge in [0.15, 0.2) is 0 Å². The molecule has 1 heterocycles. The van der Waals surface area contributed by atoms with Crippen LogP contribution in [0.2, 0.25) is 0 Å². The maximum atomic E-state index is 12.4. The van der Waals surface area contributed by atoms with Gasteiger partial charge in [-0.05, 0) is 36.5 Å². The van der Waals surface area contributed by atoms with Gasteiger partial charge in [-0.25, -0.2) is 4.98 Å². The lowest BCUT2D eigenvalue weighted by molar-refractivity contribution is 0.581. The van der Waals surface area contributed by atoms with E-state index < -0.39 is 0 Å². The summed E-state index contributed by atoms with van der Waals surface area (Å²) < 4.78 is 12.4. The highest BCUT2D eigenvalue weighted by Crippen LogP contribution is 2.39. The van der Waals surface area contributed by atoms with Crippen LogP contribution in [0.25, 0.3) is 0 Å². The topological polar surface area (TPSA) is 12.9 Å². The van der Waals surface area contributed by atoms with E-state index in [0.29, 0.717) is 5.92 Å². The maximum absolute atomic E-state index is 12.4. The smallest absolute Gasteiger partial charge is 0.213 e. The first-order chi connectivity index (χ1) is 4.86. The molecule has 0 bridgehead atoms. The summed E-state index contributed by atoms with van der Waals surface area (Å²) in [7, 11) is 0. The molecular weight excluding hydrogens is 129 g/mol. The molecule has 0 aliphatic heterocycles. The van der Waals surface area contributed by atoms with Gasteiger partial charge in [0, 0.05) is 6.20 Å². The predicted octanol–water partition coefficient (Wildman–Crippen LogP) is 2.10. The highest BCUT2D eigenvalue weighted by molar-refractivity contribution is 5.20. The number of aromatic nitrogens is 1. The molecule has 0 N–H and O–H groups in total. The molecule has 10 heavy (non-hydrogen) atoms. The maximum Gasteiger partial charge on any atom is 0.213 e. The molecule has 1 fully saturated rings. The van der Waals surface area contributed by atoms with Crippen molar-refractivity contribution >= 4 is 0 Å². The molecule has 0 spiro atoms. The molecule has 0 unspecified atom stereocenters. The predicted molar refractivity (Wildman–Crippen MR) is 36.2 cm³/mol. The monoisotopic (exact) mass is 137 g/mol. The first-order valence-corrected chi connectivity index (χ1v) is 3.48. The minimum absolute atomic E-state index is 0.357. The summed E-state index contributed by atoms with van der Waals surface area (Å²) in [5.74, 6) is 0.266. The van der Waals surface area contributed by atoms with Crippen LogP contribution in [0.1, 0.15) is 24.3 Å². The Morgan fingerprint density at radius 2 is 2.30 bits per heavy atom. The lowest BCUT2D eigenvalue weighted by Crippen LogP contribution is -1.84. The number of hydrogen-bond donors (Lipinski definition) is 0. The Kier molecular flexibility index (Phi) is 1.19. The quantitative estimate of drug-likeness (QED) is 0.540. The minimum atomic E-state index is -0.357. The molecule has 0 atom stereocenters.